The lowest BCUT2D eigenvalue weighted by atomic mass is 9.86. The zero-order chi connectivity index (χ0) is 26.7. The number of rotatable bonds is 6. The van der Waals surface area contributed by atoms with Crippen LogP contribution >= 0.6 is 0 Å². The first-order chi connectivity index (χ1) is 17.6. The average Bonchev–Trinajstić information content (AvgIpc) is 2.86. The van der Waals surface area contributed by atoms with E-state index in [2.05, 4.69) is 10.1 Å². The third kappa shape index (κ3) is 5.79. The van der Waals surface area contributed by atoms with E-state index in [0.29, 0.717) is 46.8 Å². The highest BCUT2D eigenvalue weighted by Crippen LogP contribution is 2.44. The minimum Gasteiger partial charge on any atom is -0.497 e. The third-order valence-corrected chi connectivity index (χ3v) is 5.98. The van der Waals surface area contributed by atoms with Crippen LogP contribution in [0, 0.1) is 0 Å². The zero-order valence-electron chi connectivity index (χ0n) is 20.4. The highest BCUT2D eigenvalue weighted by molar-refractivity contribution is 5.96. The van der Waals surface area contributed by atoms with Crippen molar-refractivity contribution in [3.05, 3.63) is 82.9 Å². The highest BCUT2D eigenvalue weighted by atomic mass is 19.4. The van der Waals surface area contributed by atoms with Gasteiger partial charge in [0, 0.05) is 36.3 Å². The van der Waals surface area contributed by atoms with E-state index in [0.717, 1.165) is 5.56 Å². The molecule has 1 atom stereocenters. The largest absolute Gasteiger partial charge is 0.573 e. The first-order valence-corrected chi connectivity index (χ1v) is 11.4. The first-order valence-electron chi connectivity index (χ1n) is 11.4. The molecule has 0 saturated carbocycles. The van der Waals surface area contributed by atoms with E-state index in [-0.39, 0.29) is 11.8 Å². The summed E-state index contributed by atoms with van der Waals surface area (Å²) in [5, 5.41) is 2.65. The Balaban J connectivity index is 1.81. The molecule has 3 aromatic carbocycles. The molecule has 2 amide bonds. The molecule has 0 bridgehead atoms. The molecule has 3 aromatic rings. The van der Waals surface area contributed by atoms with Gasteiger partial charge in [-0.15, -0.1) is 13.2 Å². The van der Waals surface area contributed by atoms with E-state index >= 15 is 0 Å². The Morgan fingerprint density at radius 1 is 0.973 bits per heavy atom. The molecule has 10 heteroatoms. The summed E-state index contributed by atoms with van der Waals surface area (Å²) in [7, 11) is 3.01. The number of carbonyl (C=O) groups excluding carboxylic acids is 2. The van der Waals surface area contributed by atoms with Gasteiger partial charge in [-0.25, -0.2) is 0 Å². The molecule has 0 spiro atoms. The van der Waals surface area contributed by atoms with Crippen molar-refractivity contribution in [1.82, 2.24) is 4.90 Å². The lowest BCUT2D eigenvalue weighted by Gasteiger charge is -2.39. The van der Waals surface area contributed by atoms with Gasteiger partial charge in [0.15, 0.2) is 0 Å². The molecule has 1 aliphatic rings. The molecule has 1 heterocycles. The summed E-state index contributed by atoms with van der Waals surface area (Å²) in [6.07, 6.45) is -4.38. The molecule has 0 aliphatic carbocycles. The van der Waals surface area contributed by atoms with E-state index in [4.69, 9.17) is 9.47 Å². The number of carbonyl (C=O) groups is 2. The topological polar surface area (TPSA) is 77.1 Å². The minimum absolute atomic E-state index is 0.241. The number of halogens is 3. The number of nitrogens with zero attached hydrogens (tertiary/aromatic N) is 1. The van der Waals surface area contributed by atoms with E-state index in [1.54, 1.807) is 41.3 Å². The smallest absolute Gasteiger partial charge is 0.497 e. The molecule has 7 nitrogen and oxygen atoms in total. The number of ether oxygens (including phenoxy) is 3. The lowest BCUT2D eigenvalue weighted by Crippen LogP contribution is -2.41. The lowest BCUT2D eigenvalue weighted by molar-refractivity contribution is -0.274. The first kappa shape index (κ1) is 25.9. The molecule has 37 heavy (non-hydrogen) atoms. The summed E-state index contributed by atoms with van der Waals surface area (Å²) in [5.41, 5.74) is 2.83. The number of benzene rings is 3. The molecule has 1 unspecified atom stereocenters. The highest BCUT2D eigenvalue weighted by Gasteiger charge is 2.37. The molecule has 4 rings (SSSR count). The molecule has 1 aliphatic heterocycles. The fraction of sp³-hybridized carbons (Fsp3) is 0.259. The predicted octanol–water partition coefficient (Wildman–Crippen LogP) is 5.35. The van der Waals surface area contributed by atoms with Crippen LogP contribution in [0.2, 0.25) is 0 Å². The SMILES string of the molecule is COc1cc2c(c(OC)c1)C(c1cccc(OC(F)(F)F)c1)N(C(=O)c1ccc(NC(C)=O)cc1)CC2. The number of hydrogen-bond acceptors (Lipinski definition) is 5. The van der Waals surface area contributed by atoms with Gasteiger partial charge in [0.05, 0.1) is 20.3 Å². The van der Waals surface area contributed by atoms with Gasteiger partial charge >= 0.3 is 6.36 Å². The van der Waals surface area contributed by atoms with Crippen LogP contribution in [0.3, 0.4) is 0 Å². The van der Waals surface area contributed by atoms with Crippen molar-refractivity contribution in [1.29, 1.82) is 0 Å². The molecular weight excluding hydrogens is 489 g/mol. The standard InChI is InChI=1S/C27H25F3N2O5/c1-16(33)31-20-9-7-17(8-10-20)26(34)32-12-11-18-13-22(35-2)15-23(36-3)24(18)25(32)19-5-4-6-21(14-19)37-27(28,29)30/h4-10,13-15,25H,11-12H2,1-3H3,(H,31,33). The van der Waals surface area contributed by atoms with Crippen molar-refractivity contribution in [3.8, 4) is 17.2 Å². The number of methoxy groups -OCH3 is 2. The Morgan fingerprint density at radius 2 is 1.70 bits per heavy atom. The van der Waals surface area contributed by atoms with Crippen LogP contribution < -0.4 is 19.5 Å². The quantitative estimate of drug-likeness (QED) is 0.480. The fourth-order valence-corrected chi connectivity index (χ4v) is 4.50. The van der Waals surface area contributed by atoms with Crippen molar-refractivity contribution in [2.75, 3.05) is 26.1 Å². The number of anilines is 1. The van der Waals surface area contributed by atoms with E-state index < -0.39 is 18.2 Å². The number of hydrogen-bond donors (Lipinski definition) is 1. The molecule has 0 aromatic heterocycles. The molecule has 0 fully saturated rings. The van der Waals surface area contributed by atoms with Crippen LogP contribution in [0.15, 0.2) is 60.7 Å². The van der Waals surface area contributed by atoms with Gasteiger partial charge in [-0.1, -0.05) is 12.1 Å². The third-order valence-electron chi connectivity index (χ3n) is 5.98. The van der Waals surface area contributed by atoms with E-state index in [1.807, 2.05) is 6.07 Å². The average molecular weight is 515 g/mol. The van der Waals surface area contributed by atoms with Crippen molar-refractivity contribution in [2.45, 2.75) is 25.7 Å². The van der Waals surface area contributed by atoms with Crippen LogP contribution in [-0.4, -0.2) is 43.8 Å². The molecule has 1 N–H and O–H groups in total. The second kappa shape index (κ2) is 10.4. The molecule has 0 saturated heterocycles. The monoisotopic (exact) mass is 514 g/mol. The van der Waals surface area contributed by atoms with Crippen LogP contribution in [0.1, 0.15) is 40.0 Å². The molecule has 0 radical (unpaired) electrons. The Hall–Kier alpha value is -4.21. The normalized spacial score (nSPS) is 15.0. The van der Waals surface area contributed by atoms with Crippen LogP contribution in [0.4, 0.5) is 18.9 Å². The number of fused-ring (bicyclic) bond motifs is 1. The van der Waals surface area contributed by atoms with Gasteiger partial charge in [-0.05, 0) is 60.0 Å². The van der Waals surface area contributed by atoms with Crippen molar-refractivity contribution >= 4 is 17.5 Å². The maximum absolute atomic E-state index is 13.7. The van der Waals surface area contributed by atoms with Gasteiger partial charge in [0.25, 0.3) is 5.91 Å². The number of amides is 2. The summed E-state index contributed by atoms with van der Waals surface area (Å²) in [6, 6.07) is 14.7. The Bertz CT molecular complexity index is 1290. The fourth-order valence-electron chi connectivity index (χ4n) is 4.50. The molecule has 194 valence electrons. The minimum atomic E-state index is -4.86. The zero-order valence-corrected chi connectivity index (χ0v) is 20.4. The molecular formula is C27H25F3N2O5. The van der Waals surface area contributed by atoms with Crippen LogP contribution in [0.25, 0.3) is 0 Å². The van der Waals surface area contributed by atoms with Gasteiger partial charge in [0.2, 0.25) is 5.91 Å². The van der Waals surface area contributed by atoms with E-state index in [9.17, 15) is 22.8 Å². The summed E-state index contributed by atoms with van der Waals surface area (Å²) in [4.78, 5) is 26.6. The summed E-state index contributed by atoms with van der Waals surface area (Å²) < 4.78 is 54.0. The summed E-state index contributed by atoms with van der Waals surface area (Å²) in [6.45, 7) is 1.68. The summed E-state index contributed by atoms with van der Waals surface area (Å²) >= 11 is 0. The van der Waals surface area contributed by atoms with Crippen molar-refractivity contribution in [2.24, 2.45) is 0 Å². The van der Waals surface area contributed by atoms with Crippen molar-refractivity contribution in [3.63, 3.8) is 0 Å². The summed E-state index contributed by atoms with van der Waals surface area (Å²) in [5.74, 6) is 0.0498. The second-order valence-electron chi connectivity index (χ2n) is 8.43. The predicted molar refractivity (Wildman–Crippen MR) is 130 cm³/mol. The second-order valence-corrected chi connectivity index (χ2v) is 8.43. The van der Waals surface area contributed by atoms with Gasteiger partial charge in [-0.3, -0.25) is 9.59 Å². The van der Waals surface area contributed by atoms with Crippen LogP contribution in [0.5, 0.6) is 17.2 Å². The van der Waals surface area contributed by atoms with Crippen LogP contribution in [-0.2, 0) is 11.2 Å². The maximum Gasteiger partial charge on any atom is 0.573 e. The maximum atomic E-state index is 13.7. The van der Waals surface area contributed by atoms with Gasteiger partial charge < -0.3 is 24.4 Å². The number of nitrogens with one attached hydrogen (secondary N) is 1. The Kier molecular flexibility index (Phi) is 7.28. The number of alkyl halides is 3. The Morgan fingerprint density at radius 3 is 2.32 bits per heavy atom. The Labute approximate surface area is 211 Å². The van der Waals surface area contributed by atoms with Crippen molar-refractivity contribution < 1.29 is 37.0 Å². The van der Waals surface area contributed by atoms with Gasteiger partial charge in [-0.2, -0.15) is 0 Å². The van der Waals surface area contributed by atoms with Gasteiger partial charge in [0.1, 0.15) is 17.2 Å². The van der Waals surface area contributed by atoms with E-state index in [1.165, 1.54) is 39.3 Å².